The van der Waals surface area contributed by atoms with E-state index in [0.29, 0.717) is 6.61 Å². The van der Waals surface area contributed by atoms with E-state index < -0.39 is 21.6 Å². The lowest BCUT2D eigenvalue weighted by Crippen LogP contribution is -2.14. The number of hydrogen-bond donors (Lipinski definition) is 1. The molecule has 1 atom stereocenters. The van der Waals surface area contributed by atoms with Crippen LogP contribution in [0.15, 0.2) is 13.8 Å². The van der Waals surface area contributed by atoms with Crippen LogP contribution in [0.1, 0.15) is 59.4 Å². The molecule has 0 radical (unpaired) electrons. The molecular weight excluding hydrogens is 381 g/mol. The number of rotatable bonds is 6. The normalized spacial score (nSPS) is 11.1. The van der Waals surface area contributed by atoms with Gasteiger partial charge in [0.2, 0.25) is 0 Å². The minimum Gasteiger partial charge on any atom is -0.383 e. The minimum absolute atomic E-state index is 0. The predicted octanol–water partition coefficient (Wildman–Crippen LogP) is 9.07. The highest BCUT2D eigenvalue weighted by atomic mass is 31.2. The second-order valence-corrected chi connectivity index (χ2v) is 16.0. The molecule has 0 aromatic heterocycles. The average Bonchev–Trinajstić information content (AvgIpc) is 2.13. The lowest BCUT2D eigenvalue weighted by molar-refractivity contribution is 0.204. The average molecular weight is 443 g/mol. The summed E-state index contributed by atoms with van der Waals surface area (Å²) >= 11 is 0. The van der Waals surface area contributed by atoms with Crippen molar-refractivity contribution in [1.29, 1.82) is 0 Å². The van der Waals surface area contributed by atoms with Crippen molar-refractivity contribution >= 4 is 21.6 Å². The van der Waals surface area contributed by atoms with E-state index >= 15 is 0 Å². The Morgan fingerprint density at radius 2 is 1.12 bits per heavy atom. The highest BCUT2D eigenvalue weighted by molar-refractivity contribution is 7.79. The van der Waals surface area contributed by atoms with Gasteiger partial charge in [0.15, 0.2) is 0 Å². The Balaban J connectivity index is -0.0000000516. The molecule has 0 aromatic rings. The molecule has 0 saturated heterocycles. The molecule has 26 heavy (non-hydrogen) atoms. The van der Waals surface area contributed by atoms with Crippen LogP contribution >= 0.6 is 21.6 Å². The fourth-order valence-electron chi connectivity index (χ4n) is 1.60. The van der Waals surface area contributed by atoms with Crippen LogP contribution in [0.3, 0.4) is 0 Å². The van der Waals surface area contributed by atoms with Crippen molar-refractivity contribution in [3.63, 3.8) is 0 Å². The Kier molecular flexibility index (Phi) is 51.2. The maximum Gasteiger partial charge on any atom is 0.134 e. The monoisotopic (exact) mass is 442 g/mol. The zero-order valence-corrected chi connectivity index (χ0v) is 15.7. The van der Waals surface area contributed by atoms with Crippen LogP contribution in [0.4, 0.5) is 0 Å². The lowest BCUT2D eigenvalue weighted by atomic mass is 10.7. The highest BCUT2D eigenvalue weighted by Gasteiger charge is 2.14. The van der Waals surface area contributed by atoms with Gasteiger partial charge in [0, 0.05) is 27.4 Å². The summed E-state index contributed by atoms with van der Waals surface area (Å²) in [6.45, 7) is 14.6. The zero-order chi connectivity index (χ0) is 14.4. The molecule has 1 N–H and O–H groups in total. The Bertz CT molecular complexity index is 416. The van der Waals surface area contributed by atoms with E-state index in [9.17, 15) is 0 Å². The van der Waals surface area contributed by atoms with Gasteiger partial charge in [-0.15, -0.1) is 0 Å². The maximum atomic E-state index is 5.06. The standard InChI is InChI=1S/C10H29N4OP3.8CH4/c1-11-18(8,12-9-10-15-2)14-17(6,7)13-16(3,4)5;;;;;;;;/h12H,9-10H2,1-8H3;8*1H4. The summed E-state index contributed by atoms with van der Waals surface area (Å²) < 4.78 is 19.4. The van der Waals surface area contributed by atoms with Gasteiger partial charge in [-0.3, -0.25) is 14.3 Å². The summed E-state index contributed by atoms with van der Waals surface area (Å²) in [6.07, 6.45) is 0. The van der Waals surface area contributed by atoms with Gasteiger partial charge < -0.3 is 4.74 Å². The molecule has 0 saturated carbocycles. The van der Waals surface area contributed by atoms with E-state index in [0.717, 1.165) is 6.54 Å². The van der Waals surface area contributed by atoms with Gasteiger partial charge in [-0.25, -0.2) is 4.52 Å². The second kappa shape index (κ2) is 23.6. The number of ether oxygens (including phenoxy) is 1. The van der Waals surface area contributed by atoms with Crippen molar-refractivity contribution in [2.45, 2.75) is 59.4 Å². The maximum absolute atomic E-state index is 5.06. The summed E-state index contributed by atoms with van der Waals surface area (Å²) in [6, 6.07) is 0. The second-order valence-electron chi connectivity index (χ2n) is 5.47. The molecule has 0 heterocycles. The first-order valence-electron chi connectivity index (χ1n) is 5.90. The summed E-state index contributed by atoms with van der Waals surface area (Å²) in [7, 11) is -1.02. The molecule has 0 spiro atoms. The molecule has 0 aromatic carbocycles. The molecule has 0 aliphatic heterocycles. The van der Waals surface area contributed by atoms with Crippen LogP contribution in [0, 0.1) is 0 Å². The van der Waals surface area contributed by atoms with Crippen molar-refractivity contribution in [2.75, 3.05) is 67.3 Å². The van der Waals surface area contributed by atoms with E-state index in [1.54, 1.807) is 7.11 Å². The van der Waals surface area contributed by atoms with Crippen molar-refractivity contribution in [2.24, 2.45) is 13.8 Å². The van der Waals surface area contributed by atoms with E-state index in [1.165, 1.54) is 0 Å². The molecule has 0 aliphatic rings. The molecule has 5 nitrogen and oxygen atoms in total. The van der Waals surface area contributed by atoms with Crippen LogP contribution in [-0.2, 0) is 4.74 Å². The zero-order valence-electron chi connectivity index (χ0n) is 13.0. The predicted molar refractivity (Wildman–Crippen MR) is 143 cm³/mol. The molecule has 1 unspecified atom stereocenters. The summed E-state index contributed by atoms with van der Waals surface area (Å²) in [5.41, 5.74) is 0. The summed E-state index contributed by atoms with van der Waals surface area (Å²) in [5, 5.41) is 3.42. The van der Waals surface area contributed by atoms with Crippen LogP contribution in [0.5, 0.6) is 0 Å². The Labute approximate surface area is 172 Å². The first-order chi connectivity index (χ1) is 8.04. The quantitative estimate of drug-likeness (QED) is 0.329. The number of hydrogen-bond acceptors (Lipinski definition) is 2. The van der Waals surface area contributed by atoms with Gasteiger partial charge in [0.25, 0.3) is 0 Å². The third-order valence-electron chi connectivity index (χ3n) is 1.99. The van der Waals surface area contributed by atoms with Gasteiger partial charge in [-0.05, 0) is 40.4 Å². The van der Waals surface area contributed by atoms with Crippen molar-refractivity contribution < 1.29 is 4.74 Å². The van der Waals surface area contributed by atoms with E-state index in [-0.39, 0.29) is 59.4 Å². The van der Waals surface area contributed by atoms with Crippen LogP contribution in [0.2, 0.25) is 0 Å². The Morgan fingerprint density at radius 3 is 1.38 bits per heavy atom. The van der Waals surface area contributed by atoms with Gasteiger partial charge in [0.1, 0.15) is 7.36 Å². The first kappa shape index (κ1) is 56.3. The fourth-order valence-corrected chi connectivity index (χ4v) is 12.0. The van der Waals surface area contributed by atoms with Crippen LogP contribution in [0.25, 0.3) is 0 Å². The topological polar surface area (TPSA) is 58.3 Å². The SMILES string of the molecule is C.C.C.C.C.C.C.C.CN=P(C)(N=P(C)(C)N=P(C)(C)C)NCCOC. The number of nitrogens with one attached hydrogen (secondary N) is 1. The van der Waals surface area contributed by atoms with E-state index in [1.807, 2.05) is 7.05 Å². The molecule has 0 amide bonds. The highest BCUT2D eigenvalue weighted by Crippen LogP contribution is 2.61. The van der Waals surface area contributed by atoms with Crippen molar-refractivity contribution in [3.8, 4) is 0 Å². The number of methoxy groups -OCH3 is 1. The van der Waals surface area contributed by atoms with Gasteiger partial charge in [0.05, 0.1) is 13.8 Å². The fraction of sp³-hybridized carbons (Fsp3) is 1.00. The smallest absolute Gasteiger partial charge is 0.134 e. The third-order valence-corrected chi connectivity index (χ3v) is 10.6. The van der Waals surface area contributed by atoms with Crippen LogP contribution < -0.4 is 5.09 Å². The number of nitrogens with zero attached hydrogens (tertiary/aromatic N) is 3. The van der Waals surface area contributed by atoms with Gasteiger partial charge >= 0.3 is 0 Å². The molecule has 0 bridgehead atoms. The van der Waals surface area contributed by atoms with E-state index in [4.69, 9.17) is 13.8 Å². The molecule has 0 aliphatic carbocycles. The summed E-state index contributed by atoms with van der Waals surface area (Å²) in [4.78, 5) is 0. The van der Waals surface area contributed by atoms with E-state index in [2.05, 4.69) is 49.8 Å². The lowest BCUT2D eigenvalue weighted by Gasteiger charge is -2.22. The Morgan fingerprint density at radius 1 is 0.731 bits per heavy atom. The first-order valence-corrected chi connectivity index (χ1v) is 13.7. The summed E-state index contributed by atoms with van der Waals surface area (Å²) in [5.74, 6) is 0. The van der Waals surface area contributed by atoms with Gasteiger partial charge in [-0.2, -0.15) is 0 Å². The minimum atomic E-state index is -1.79. The molecule has 0 fully saturated rings. The van der Waals surface area contributed by atoms with Crippen molar-refractivity contribution in [3.05, 3.63) is 0 Å². The molecular formula is C18H61N4OP3. The molecule has 8 heteroatoms. The Hall–Kier alpha value is 0.610. The van der Waals surface area contributed by atoms with Gasteiger partial charge in [-0.1, -0.05) is 59.4 Å². The molecule has 0 rings (SSSR count). The largest absolute Gasteiger partial charge is 0.383 e. The third kappa shape index (κ3) is 29.4. The van der Waals surface area contributed by atoms with Crippen LogP contribution in [-0.4, -0.2) is 67.3 Å². The van der Waals surface area contributed by atoms with Crippen molar-refractivity contribution in [1.82, 2.24) is 5.09 Å². The molecule has 174 valence electrons.